The zero-order valence-corrected chi connectivity index (χ0v) is 11.2. The molecule has 1 saturated carbocycles. The molecule has 2 heteroatoms. The van der Waals surface area contributed by atoms with Crippen LogP contribution in [0.3, 0.4) is 0 Å². The van der Waals surface area contributed by atoms with Gasteiger partial charge in [0.05, 0.1) is 0 Å². The third kappa shape index (κ3) is 2.61. The van der Waals surface area contributed by atoms with E-state index in [4.69, 9.17) is 0 Å². The second-order valence-electron chi connectivity index (χ2n) is 5.22. The van der Waals surface area contributed by atoms with E-state index in [-0.39, 0.29) is 0 Å². The lowest BCUT2D eigenvalue weighted by Gasteiger charge is -2.08. The van der Waals surface area contributed by atoms with E-state index in [1.165, 1.54) is 22.0 Å². The lowest BCUT2D eigenvalue weighted by Crippen LogP contribution is -2.20. The number of nitrogens with one attached hydrogen (secondary N) is 1. The fraction of sp³-hybridized carbons (Fsp3) is 0.538. The molecule has 0 bridgehead atoms. The van der Waals surface area contributed by atoms with Crippen molar-refractivity contribution in [3.05, 3.63) is 33.8 Å². The van der Waals surface area contributed by atoms with Gasteiger partial charge in [0.1, 0.15) is 0 Å². The fourth-order valence-corrected chi connectivity index (χ4v) is 2.48. The van der Waals surface area contributed by atoms with Crippen LogP contribution in [0.2, 0.25) is 0 Å². The SMILES string of the molecule is Cc1ccc(CNC2CC2(C)C)c(Br)c1. The number of hydrogen-bond donors (Lipinski definition) is 1. The van der Waals surface area contributed by atoms with Crippen molar-refractivity contribution >= 4 is 15.9 Å². The molecule has 0 aliphatic heterocycles. The van der Waals surface area contributed by atoms with E-state index in [2.05, 4.69) is 60.2 Å². The molecule has 0 spiro atoms. The van der Waals surface area contributed by atoms with Gasteiger partial charge >= 0.3 is 0 Å². The van der Waals surface area contributed by atoms with E-state index in [1.807, 2.05) is 0 Å². The maximum atomic E-state index is 3.61. The molecule has 1 unspecified atom stereocenters. The number of halogens is 1. The predicted molar refractivity (Wildman–Crippen MR) is 67.9 cm³/mol. The molecule has 1 aliphatic carbocycles. The maximum absolute atomic E-state index is 3.61. The van der Waals surface area contributed by atoms with Crippen LogP contribution in [0, 0.1) is 12.3 Å². The molecule has 82 valence electrons. The smallest absolute Gasteiger partial charge is 0.0222 e. The van der Waals surface area contributed by atoms with Crippen LogP contribution in [0.5, 0.6) is 0 Å². The molecule has 1 N–H and O–H groups in total. The van der Waals surface area contributed by atoms with E-state index < -0.39 is 0 Å². The van der Waals surface area contributed by atoms with E-state index in [9.17, 15) is 0 Å². The normalized spacial score (nSPS) is 22.8. The highest BCUT2D eigenvalue weighted by Gasteiger charge is 2.44. The van der Waals surface area contributed by atoms with Gasteiger partial charge in [-0.3, -0.25) is 0 Å². The Morgan fingerprint density at radius 2 is 2.13 bits per heavy atom. The zero-order valence-electron chi connectivity index (χ0n) is 9.60. The van der Waals surface area contributed by atoms with Gasteiger partial charge in [-0.05, 0) is 36.0 Å². The Kier molecular flexibility index (Phi) is 2.91. The van der Waals surface area contributed by atoms with Crippen molar-refractivity contribution in [2.75, 3.05) is 0 Å². The van der Waals surface area contributed by atoms with Crippen molar-refractivity contribution in [3.63, 3.8) is 0 Å². The standard InChI is InChI=1S/C13H18BrN/c1-9-4-5-10(11(14)6-9)8-15-12-7-13(12,2)3/h4-6,12,15H,7-8H2,1-3H3. The summed E-state index contributed by atoms with van der Waals surface area (Å²) < 4.78 is 1.22. The number of benzene rings is 1. The van der Waals surface area contributed by atoms with Gasteiger partial charge in [-0.1, -0.05) is 41.9 Å². The molecule has 0 saturated heterocycles. The van der Waals surface area contributed by atoms with Crippen molar-refractivity contribution in [3.8, 4) is 0 Å². The lowest BCUT2D eigenvalue weighted by atomic mass is 10.1. The van der Waals surface area contributed by atoms with E-state index in [1.54, 1.807) is 0 Å². The molecule has 1 atom stereocenters. The summed E-state index contributed by atoms with van der Waals surface area (Å²) in [6.45, 7) is 7.71. The van der Waals surface area contributed by atoms with Gasteiger partial charge in [-0.25, -0.2) is 0 Å². The zero-order chi connectivity index (χ0) is 11.1. The van der Waals surface area contributed by atoms with Gasteiger partial charge in [0.2, 0.25) is 0 Å². The van der Waals surface area contributed by atoms with Gasteiger partial charge in [-0.2, -0.15) is 0 Å². The summed E-state index contributed by atoms with van der Waals surface area (Å²) in [7, 11) is 0. The van der Waals surface area contributed by atoms with Gasteiger partial charge in [0, 0.05) is 17.1 Å². The molecular formula is C13H18BrN. The summed E-state index contributed by atoms with van der Waals surface area (Å²) in [5.41, 5.74) is 3.16. The quantitative estimate of drug-likeness (QED) is 0.882. The molecule has 1 aliphatic rings. The first-order valence-electron chi connectivity index (χ1n) is 5.47. The number of rotatable bonds is 3. The third-order valence-electron chi connectivity index (χ3n) is 3.26. The second-order valence-corrected chi connectivity index (χ2v) is 6.08. The monoisotopic (exact) mass is 267 g/mol. The van der Waals surface area contributed by atoms with Crippen LogP contribution < -0.4 is 5.32 Å². The fourth-order valence-electron chi connectivity index (χ4n) is 1.84. The van der Waals surface area contributed by atoms with E-state index >= 15 is 0 Å². The van der Waals surface area contributed by atoms with E-state index in [0.29, 0.717) is 11.5 Å². The Hall–Kier alpha value is -0.340. The minimum Gasteiger partial charge on any atom is -0.309 e. The molecule has 2 rings (SSSR count). The van der Waals surface area contributed by atoms with Crippen molar-refractivity contribution < 1.29 is 0 Å². The predicted octanol–water partition coefficient (Wildman–Crippen LogP) is 3.65. The van der Waals surface area contributed by atoms with Crippen molar-refractivity contribution in [1.29, 1.82) is 0 Å². The number of aryl methyl sites for hydroxylation is 1. The van der Waals surface area contributed by atoms with Gasteiger partial charge in [0.15, 0.2) is 0 Å². The molecular weight excluding hydrogens is 250 g/mol. The highest BCUT2D eigenvalue weighted by molar-refractivity contribution is 9.10. The van der Waals surface area contributed by atoms with Crippen LogP contribution in [-0.2, 0) is 6.54 Å². The lowest BCUT2D eigenvalue weighted by molar-refractivity contribution is 0.541. The molecule has 1 aromatic carbocycles. The first kappa shape index (κ1) is 11.2. The maximum Gasteiger partial charge on any atom is 0.0222 e. The minimum absolute atomic E-state index is 0.511. The van der Waals surface area contributed by atoms with Crippen LogP contribution in [0.15, 0.2) is 22.7 Å². The van der Waals surface area contributed by atoms with Crippen LogP contribution in [0.25, 0.3) is 0 Å². The van der Waals surface area contributed by atoms with Crippen molar-refractivity contribution in [1.82, 2.24) is 5.32 Å². The first-order valence-corrected chi connectivity index (χ1v) is 6.27. The third-order valence-corrected chi connectivity index (χ3v) is 4.00. The Balaban J connectivity index is 1.94. The average Bonchev–Trinajstić information content (AvgIpc) is 2.73. The Morgan fingerprint density at radius 1 is 1.47 bits per heavy atom. The highest BCUT2D eigenvalue weighted by atomic mass is 79.9. The Morgan fingerprint density at radius 3 is 2.67 bits per heavy atom. The topological polar surface area (TPSA) is 12.0 Å². The largest absolute Gasteiger partial charge is 0.309 e. The van der Waals surface area contributed by atoms with Crippen LogP contribution in [0.1, 0.15) is 31.4 Å². The minimum atomic E-state index is 0.511. The molecule has 0 heterocycles. The van der Waals surface area contributed by atoms with E-state index in [0.717, 1.165) is 6.54 Å². The van der Waals surface area contributed by atoms with Crippen molar-refractivity contribution in [2.45, 2.75) is 39.8 Å². The van der Waals surface area contributed by atoms with Crippen LogP contribution >= 0.6 is 15.9 Å². The molecule has 1 nitrogen and oxygen atoms in total. The van der Waals surface area contributed by atoms with Gasteiger partial charge in [0.25, 0.3) is 0 Å². The first-order chi connectivity index (χ1) is 6.99. The highest BCUT2D eigenvalue weighted by Crippen LogP contribution is 2.44. The molecule has 1 aromatic rings. The van der Waals surface area contributed by atoms with Gasteiger partial charge in [-0.15, -0.1) is 0 Å². The van der Waals surface area contributed by atoms with Gasteiger partial charge < -0.3 is 5.32 Å². The summed E-state index contributed by atoms with van der Waals surface area (Å²) in [6.07, 6.45) is 1.30. The summed E-state index contributed by atoms with van der Waals surface area (Å²) in [4.78, 5) is 0. The van der Waals surface area contributed by atoms with Crippen molar-refractivity contribution in [2.24, 2.45) is 5.41 Å². The Labute approximate surface area is 100 Å². The Bertz CT molecular complexity index is 371. The average molecular weight is 268 g/mol. The summed E-state index contributed by atoms with van der Waals surface area (Å²) in [6, 6.07) is 7.24. The summed E-state index contributed by atoms with van der Waals surface area (Å²) in [5, 5.41) is 3.59. The molecule has 0 amide bonds. The molecule has 0 aromatic heterocycles. The molecule has 0 radical (unpaired) electrons. The van der Waals surface area contributed by atoms with Crippen LogP contribution in [0.4, 0.5) is 0 Å². The second kappa shape index (κ2) is 3.91. The molecule has 1 fully saturated rings. The van der Waals surface area contributed by atoms with Crippen LogP contribution in [-0.4, -0.2) is 6.04 Å². The molecule has 15 heavy (non-hydrogen) atoms. The summed E-state index contributed by atoms with van der Waals surface area (Å²) in [5.74, 6) is 0. The number of hydrogen-bond acceptors (Lipinski definition) is 1. The summed E-state index contributed by atoms with van der Waals surface area (Å²) >= 11 is 3.61.